The van der Waals surface area contributed by atoms with Crippen molar-refractivity contribution in [1.29, 1.82) is 0 Å². The summed E-state index contributed by atoms with van der Waals surface area (Å²) >= 11 is 12.7. The van der Waals surface area contributed by atoms with E-state index in [1.807, 2.05) is 43.5 Å². The van der Waals surface area contributed by atoms with Gasteiger partial charge >= 0.3 is 0 Å². The number of rotatable bonds is 10. The van der Waals surface area contributed by atoms with Gasteiger partial charge in [0.15, 0.2) is 0 Å². The first-order valence-electron chi connectivity index (χ1n) is 12.8. The number of carbonyl (C=O) groups excluding carboxylic acids is 1. The molecular formula is C30H30Cl2N4O4S. The van der Waals surface area contributed by atoms with E-state index in [2.05, 4.69) is 10.5 Å². The second kappa shape index (κ2) is 12.8. The average Bonchev–Trinajstić information content (AvgIpc) is 3.22. The summed E-state index contributed by atoms with van der Waals surface area (Å²) in [6, 6.07) is 20.4. The summed E-state index contributed by atoms with van der Waals surface area (Å²) in [5, 5.41) is 4.98. The summed E-state index contributed by atoms with van der Waals surface area (Å²) in [7, 11) is -4.12. The second-order valence-corrected chi connectivity index (χ2v) is 11.9. The molecule has 0 aliphatic heterocycles. The molecule has 0 saturated carbocycles. The predicted octanol–water partition coefficient (Wildman–Crippen LogP) is 6.45. The van der Waals surface area contributed by atoms with Crippen LogP contribution in [-0.4, -0.2) is 38.3 Å². The van der Waals surface area contributed by atoms with Crippen molar-refractivity contribution in [3.8, 4) is 11.4 Å². The van der Waals surface area contributed by atoms with Crippen LogP contribution in [0.15, 0.2) is 82.8 Å². The van der Waals surface area contributed by atoms with Gasteiger partial charge in [0.2, 0.25) is 0 Å². The van der Waals surface area contributed by atoms with Crippen LogP contribution in [0.25, 0.3) is 5.69 Å². The molecular weight excluding hydrogens is 583 g/mol. The number of benzene rings is 3. The lowest BCUT2D eigenvalue weighted by atomic mass is 10.2. The Bertz CT molecular complexity index is 1700. The van der Waals surface area contributed by atoms with Crippen molar-refractivity contribution in [2.45, 2.75) is 32.6 Å². The van der Waals surface area contributed by atoms with Gasteiger partial charge < -0.3 is 9.30 Å². The van der Waals surface area contributed by atoms with Crippen LogP contribution < -0.4 is 14.5 Å². The van der Waals surface area contributed by atoms with Gasteiger partial charge in [-0.05, 0) is 70.2 Å². The number of nitrogens with zero attached hydrogens (tertiary/aromatic N) is 3. The Morgan fingerprint density at radius 2 is 1.73 bits per heavy atom. The summed E-state index contributed by atoms with van der Waals surface area (Å²) in [4.78, 5) is 13.1. The maximum atomic E-state index is 13.7. The number of anilines is 1. The van der Waals surface area contributed by atoms with Crippen LogP contribution in [0.4, 0.5) is 5.69 Å². The molecule has 0 aliphatic rings. The van der Waals surface area contributed by atoms with Gasteiger partial charge in [-0.1, -0.05) is 59.1 Å². The fourth-order valence-electron chi connectivity index (χ4n) is 4.37. The van der Waals surface area contributed by atoms with Gasteiger partial charge in [-0.3, -0.25) is 9.10 Å². The highest BCUT2D eigenvalue weighted by atomic mass is 35.5. The van der Waals surface area contributed by atoms with Gasteiger partial charge in [0.25, 0.3) is 15.9 Å². The van der Waals surface area contributed by atoms with E-state index in [9.17, 15) is 13.2 Å². The number of para-hydroxylation sites is 2. The third-order valence-electron chi connectivity index (χ3n) is 6.37. The van der Waals surface area contributed by atoms with Crippen molar-refractivity contribution in [3.05, 3.63) is 105 Å². The molecule has 1 aromatic heterocycles. The minimum Gasteiger partial charge on any atom is -0.492 e. The quantitative estimate of drug-likeness (QED) is 0.164. The molecule has 3 aromatic carbocycles. The number of carbonyl (C=O) groups is 1. The molecule has 0 aliphatic carbocycles. The van der Waals surface area contributed by atoms with Crippen LogP contribution in [0.3, 0.4) is 0 Å². The molecule has 4 rings (SSSR count). The molecule has 0 fully saturated rings. The Morgan fingerprint density at radius 1 is 1.02 bits per heavy atom. The minimum absolute atomic E-state index is 0.0535. The smallest absolute Gasteiger partial charge is 0.264 e. The maximum absolute atomic E-state index is 13.7. The first kappa shape index (κ1) is 30.2. The van der Waals surface area contributed by atoms with E-state index in [1.54, 1.807) is 49.4 Å². The van der Waals surface area contributed by atoms with Gasteiger partial charge in [-0.25, -0.2) is 13.8 Å². The van der Waals surface area contributed by atoms with E-state index in [1.165, 1.54) is 18.3 Å². The number of nitrogens with one attached hydrogen (secondary N) is 1. The number of aromatic nitrogens is 1. The standard InChI is InChI=1S/C30H30Cl2N4O4S/c1-5-40-28-12-7-6-10-26(28)35(41(38,39)24-15-13-20(2)14-16-24)19-29(37)34-33-18-23-17-21(3)36(22(23)4)27-11-8-9-25(31)30(27)32/h6-18H,5,19H2,1-4H3,(H,34,37)/b33-18-. The molecule has 1 heterocycles. The van der Waals surface area contributed by atoms with Crippen molar-refractivity contribution < 1.29 is 17.9 Å². The molecule has 0 saturated heterocycles. The molecule has 0 spiro atoms. The maximum Gasteiger partial charge on any atom is 0.264 e. The largest absolute Gasteiger partial charge is 0.492 e. The molecule has 8 nitrogen and oxygen atoms in total. The highest BCUT2D eigenvalue weighted by Crippen LogP contribution is 2.33. The zero-order valence-corrected chi connectivity index (χ0v) is 25.4. The molecule has 4 aromatic rings. The first-order valence-corrected chi connectivity index (χ1v) is 15.0. The van der Waals surface area contributed by atoms with E-state index in [0.29, 0.717) is 22.4 Å². The van der Waals surface area contributed by atoms with Gasteiger partial charge in [-0.15, -0.1) is 0 Å². The Labute approximate surface area is 250 Å². The Morgan fingerprint density at radius 3 is 2.44 bits per heavy atom. The highest BCUT2D eigenvalue weighted by molar-refractivity contribution is 7.92. The van der Waals surface area contributed by atoms with Gasteiger partial charge in [0, 0.05) is 17.0 Å². The fraction of sp³-hybridized carbons (Fsp3) is 0.200. The van der Waals surface area contributed by atoms with Crippen molar-refractivity contribution in [3.63, 3.8) is 0 Å². The highest BCUT2D eigenvalue weighted by Gasteiger charge is 2.29. The zero-order chi connectivity index (χ0) is 29.7. The molecule has 0 atom stereocenters. The van der Waals surface area contributed by atoms with E-state index >= 15 is 0 Å². The first-order chi connectivity index (χ1) is 19.5. The Hall–Kier alpha value is -3.79. The van der Waals surface area contributed by atoms with E-state index in [-0.39, 0.29) is 10.6 Å². The van der Waals surface area contributed by atoms with Crippen LogP contribution in [0.1, 0.15) is 29.4 Å². The number of hydrogen-bond acceptors (Lipinski definition) is 5. The molecule has 1 N–H and O–H groups in total. The van der Waals surface area contributed by atoms with Crippen molar-refractivity contribution in [2.75, 3.05) is 17.5 Å². The SMILES string of the molecule is CCOc1ccccc1N(CC(=O)N/N=C\c1cc(C)n(-c2cccc(Cl)c2Cl)c1C)S(=O)(=O)c1ccc(C)cc1. The fourth-order valence-corrected chi connectivity index (χ4v) is 6.18. The molecule has 41 heavy (non-hydrogen) atoms. The number of sulfonamides is 1. The Balaban J connectivity index is 1.60. The molecule has 0 unspecified atom stereocenters. The number of aryl methyl sites for hydroxylation is 2. The minimum atomic E-state index is -4.12. The number of amides is 1. The van der Waals surface area contributed by atoms with E-state index in [0.717, 1.165) is 32.5 Å². The van der Waals surface area contributed by atoms with Crippen LogP contribution in [0.5, 0.6) is 5.75 Å². The number of hydrogen-bond donors (Lipinski definition) is 1. The summed E-state index contributed by atoms with van der Waals surface area (Å²) in [5.74, 6) is -0.288. The summed E-state index contributed by atoms with van der Waals surface area (Å²) in [6.07, 6.45) is 1.50. The lowest BCUT2D eigenvalue weighted by molar-refractivity contribution is -0.119. The van der Waals surface area contributed by atoms with Gasteiger partial charge in [0.05, 0.1) is 39.1 Å². The van der Waals surface area contributed by atoms with Gasteiger partial charge in [0.1, 0.15) is 12.3 Å². The van der Waals surface area contributed by atoms with Crippen LogP contribution in [-0.2, 0) is 14.8 Å². The van der Waals surface area contributed by atoms with Crippen LogP contribution in [0.2, 0.25) is 10.0 Å². The third kappa shape index (κ3) is 6.59. The topological polar surface area (TPSA) is 93.0 Å². The van der Waals surface area contributed by atoms with Crippen LogP contribution >= 0.6 is 23.2 Å². The normalized spacial score (nSPS) is 11.6. The van der Waals surface area contributed by atoms with Crippen LogP contribution in [0, 0.1) is 20.8 Å². The Kier molecular flexibility index (Phi) is 9.42. The predicted molar refractivity (Wildman–Crippen MR) is 164 cm³/mol. The molecule has 1 amide bonds. The lowest BCUT2D eigenvalue weighted by Crippen LogP contribution is -2.39. The summed E-state index contributed by atoms with van der Waals surface area (Å²) in [5.41, 5.74) is 6.81. The third-order valence-corrected chi connectivity index (χ3v) is 8.95. The second-order valence-electron chi connectivity index (χ2n) is 9.25. The molecule has 0 bridgehead atoms. The number of halogens is 2. The number of ether oxygens (including phenoxy) is 1. The molecule has 0 radical (unpaired) electrons. The van der Waals surface area contributed by atoms with Crippen molar-refractivity contribution >= 4 is 51.0 Å². The van der Waals surface area contributed by atoms with E-state index < -0.39 is 22.5 Å². The number of hydrazone groups is 1. The molecule has 11 heteroatoms. The lowest BCUT2D eigenvalue weighted by Gasteiger charge is -2.25. The zero-order valence-electron chi connectivity index (χ0n) is 23.1. The van der Waals surface area contributed by atoms with E-state index in [4.69, 9.17) is 27.9 Å². The van der Waals surface area contributed by atoms with Gasteiger partial charge in [-0.2, -0.15) is 5.10 Å². The van der Waals surface area contributed by atoms with Crippen molar-refractivity contribution in [2.24, 2.45) is 5.10 Å². The van der Waals surface area contributed by atoms with Crippen molar-refractivity contribution in [1.82, 2.24) is 9.99 Å². The average molecular weight is 614 g/mol. The summed E-state index contributed by atoms with van der Waals surface area (Å²) < 4.78 is 36.1. The monoisotopic (exact) mass is 612 g/mol. The molecule has 214 valence electrons. The summed E-state index contributed by atoms with van der Waals surface area (Å²) in [6.45, 7) is 7.29.